The van der Waals surface area contributed by atoms with Crippen LogP contribution in [-0.2, 0) is 6.54 Å². The van der Waals surface area contributed by atoms with E-state index in [0.717, 1.165) is 12.1 Å². The highest BCUT2D eigenvalue weighted by atomic mass is 32.1. The molecule has 0 atom stereocenters. The third-order valence-corrected chi connectivity index (χ3v) is 3.24. The minimum absolute atomic E-state index is 0.0520. The lowest BCUT2D eigenvalue weighted by Gasteiger charge is -2.13. The van der Waals surface area contributed by atoms with Gasteiger partial charge in [0.1, 0.15) is 0 Å². The molecule has 0 spiro atoms. The third kappa shape index (κ3) is 3.57. The Morgan fingerprint density at radius 1 is 1.28 bits per heavy atom. The van der Waals surface area contributed by atoms with Crippen molar-refractivity contribution in [3.05, 3.63) is 70.6 Å². The second kappa shape index (κ2) is 6.17. The molecule has 0 aliphatic rings. The molecule has 0 saturated heterocycles. The maximum atomic E-state index is 11.8. The number of rotatable bonds is 5. The summed E-state index contributed by atoms with van der Waals surface area (Å²) < 4.78 is 0. The second-order valence-electron chi connectivity index (χ2n) is 4.09. The number of hydrogen-bond acceptors (Lipinski definition) is 3. The highest BCUT2D eigenvalue weighted by molar-refractivity contribution is 7.08. The molecule has 0 radical (unpaired) electrons. The van der Waals surface area contributed by atoms with Crippen LogP contribution >= 0.6 is 11.3 Å². The largest absolute Gasteiger partial charge is 0.376 e. The molecule has 2 aromatic rings. The Bertz CT molecular complexity index is 517. The Balaban J connectivity index is 1.91. The average Bonchev–Trinajstić information content (AvgIpc) is 2.91. The maximum absolute atomic E-state index is 11.8. The van der Waals surface area contributed by atoms with Crippen molar-refractivity contribution in [2.45, 2.75) is 6.54 Å². The molecule has 0 N–H and O–H groups in total. The molecule has 2 nitrogen and oxygen atoms in total. The van der Waals surface area contributed by atoms with E-state index in [1.54, 1.807) is 6.08 Å². The fraction of sp³-hybridized carbons (Fsp3) is 0.133. The number of thiophene rings is 1. The second-order valence-corrected chi connectivity index (χ2v) is 4.87. The lowest BCUT2D eigenvalue weighted by molar-refractivity contribution is 0.104. The van der Waals surface area contributed by atoms with Crippen LogP contribution in [0.25, 0.3) is 0 Å². The van der Waals surface area contributed by atoms with Crippen LogP contribution in [0.5, 0.6) is 0 Å². The number of benzene rings is 1. The third-order valence-electron chi connectivity index (χ3n) is 2.56. The van der Waals surface area contributed by atoms with Crippen LogP contribution < -0.4 is 0 Å². The molecular formula is C15H15NOS. The molecule has 2 rings (SSSR count). The lowest BCUT2D eigenvalue weighted by atomic mass is 10.2. The summed E-state index contributed by atoms with van der Waals surface area (Å²) in [5, 5.41) is 3.78. The summed E-state index contributed by atoms with van der Waals surface area (Å²) in [6.45, 7) is 0.800. The quantitative estimate of drug-likeness (QED) is 0.603. The van der Waals surface area contributed by atoms with E-state index in [9.17, 15) is 4.79 Å². The van der Waals surface area contributed by atoms with Gasteiger partial charge in [0.25, 0.3) is 0 Å². The Hall–Kier alpha value is -1.87. The topological polar surface area (TPSA) is 20.3 Å². The van der Waals surface area contributed by atoms with Crippen LogP contribution in [0.1, 0.15) is 15.9 Å². The first-order chi connectivity index (χ1) is 8.75. The Labute approximate surface area is 111 Å². The smallest absolute Gasteiger partial charge is 0.188 e. The van der Waals surface area contributed by atoms with E-state index in [1.807, 2.05) is 53.2 Å². The van der Waals surface area contributed by atoms with Crippen LogP contribution in [0.15, 0.2) is 59.4 Å². The van der Waals surface area contributed by atoms with Crippen molar-refractivity contribution in [3.8, 4) is 0 Å². The molecule has 0 amide bonds. The zero-order valence-electron chi connectivity index (χ0n) is 10.2. The van der Waals surface area contributed by atoms with Crippen molar-refractivity contribution in [2.24, 2.45) is 0 Å². The summed E-state index contributed by atoms with van der Waals surface area (Å²) in [6, 6.07) is 12.0. The lowest BCUT2D eigenvalue weighted by Crippen LogP contribution is -2.10. The normalized spacial score (nSPS) is 10.7. The monoisotopic (exact) mass is 257 g/mol. The standard InChI is InChI=1S/C15H15NOS/c1-16(11-13-5-3-2-4-6-13)9-7-15(17)14-8-10-18-12-14/h2-10,12H,11H2,1H3/b9-7-. The zero-order chi connectivity index (χ0) is 12.8. The highest BCUT2D eigenvalue weighted by Crippen LogP contribution is 2.08. The SMILES string of the molecule is CN(/C=C\C(=O)c1ccsc1)Cc1ccccc1. The Kier molecular flexibility index (Phi) is 4.31. The van der Waals surface area contributed by atoms with Crippen LogP contribution in [0, 0.1) is 0 Å². The molecule has 0 aliphatic heterocycles. The van der Waals surface area contributed by atoms with Crippen LogP contribution in [0.3, 0.4) is 0 Å². The van der Waals surface area contributed by atoms with Gasteiger partial charge in [0, 0.05) is 36.8 Å². The van der Waals surface area contributed by atoms with Crippen molar-refractivity contribution in [1.82, 2.24) is 4.90 Å². The van der Waals surface area contributed by atoms with Crippen molar-refractivity contribution in [3.63, 3.8) is 0 Å². The minimum atomic E-state index is 0.0520. The summed E-state index contributed by atoms with van der Waals surface area (Å²) in [6.07, 6.45) is 3.44. The van der Waals surface area contributed by atoms with Gasteiger partial charge in [-0.2, -0.15) is 11.3 Å². The van der Waals surface area contributed by atoms with Gasteiger partial charge in [-0.25, -0.2) is 0 Å². The zero-order valence-corrected chi connectivity index (χ0v) is 11.1. The molecule has 1 aromatic heterocycles. The first-order valence-electron chi connectivity index (χ1n) is 5.74. The molecule has 0 aliphatic carbocycles. The molecule has 1 heterocycles. The number of ketones is 1. The summed E-state index contributed by atoms with van der Waals surface area (Å²) in [5.41, 5.74) is 1.98. The van der Waals surface area contributed by atoms with E-state index in [0.29, 0.717) is 0 Å². The van der Waals surface area contributed by atoms with Gasteiger partial charge in [-0.3, -0.25) is 4.79 Å². The molecule has 0 saturated carbocycles. The Morgan fingerprint density at radius 3 is 2.72 bits per heavy atom. The number of carbonyl (C=O) groups is 1. The van der Waals surface area contributed by atoms with E-state index in [1.165, 1.54) is 16.9 Å². The van der Waals surface area contributed by atoms with Gasteiger partial charge in [-0.15, -0.1) is 0 Å². The molecule has 92 valence electrons. The van der Waals surface area contributed by atoms with Gasteiger partial charge < -0.3 is 4.90 Å². The minimum Gasteiger partial charge on any atom is -0.376 e. The van der Waals surface area contributed by atoms with Crippen molar-refractivity contribution in [2.75, 3.05) is 7.05 Å². The first-order valence-corrected chi connectivity index (χ1v) is 6.69. The summed E-state index contributed by atoms with van der Waals surface area (Å²) in [4.78, 5) is 13.8. The van der Waals surface area contributed by atoms with E-state index in [2.05, 4.69) is 12.1 Å². The summed E-state index contributed by atoms with van der Waals surface area (Å²) in [7, 11) is 1.96. The predicted molar refractivity (Wildman–Crippen MR) is 75.7 cm³/mol. The summed E-state index contributed by atoms with van der Waals surface area (Å²) in [5.74, 6) is 0.0520. The molecule has 18 heavy (non-hydrogen) atoms. The summed E-state index contributed by atoms with van der Waals surface area (Å²) >= 11 is 1.54. The predicted octanol–water partition coefficient (Wildman–Crippen LogP) is 3.58. The molecule has 0 fully saturated rings. The van der Waals surface area contributed by atoms with E-state index in [4.69, 9.17) is 0 Å². The van der Waals surface area contributed by atoms with E-state index in [-0.39, 0.29) is 5.78 Å². The first kappa shape index (κ1) is 12.6. The number of hydrogen-bond donors (Lipinski definition) is 0. The maximum Gasteiger partial charge on any atom is 0.188 e. The van der Waals surface area contributed by atoms with E-state index < -0.39 is 0 Å². The molecule has 0 bridgehead atoms. The number of nitrogens with zero attached hydrogens (tertiary/aromatic N) is 1. The molecule has 0 unspecified atom stereocenters. The van der Waals surface area contributed by atoms with Crippen molar-refractivity contribution < 1.29 is 4.79 Å². The van der Waals surface area contributed by atoms with Gasteiger partial charge in [-0.05, 0) is 17.0 Å². The van der Waals surface area contributed by atoms with Gasteiger partial charge in [-0.1, -0.05) is 30.3 Å². The molecule has 3 heteroatoms. The van der Waals surface area contributed by atoms with E-state index >= 15 is 0 Å². The number of allylic oxidation sites excluding steroid dienone is 1. The van der Waals surface area contributed by atoms with Crippen LogP contribution in [-0.4, -0.2) is 17.7 Å². The van der Waals surface area contributed by atoms with Gasteiger partial charge in [0.2, 0.25) is 0 Å². The van der Waals surface area contributed by atoms with Gasteiger partial charge in [0.05, 0.1) is 0 Å². The fourth-order valence-corrected chi connectivity index (χ4v) is 2.27. The fourth-order valence-electron chi connectivity index (χ4n) is 1.62. The van der Waals surface area contributed by atoms with Crippen LogP contribution in [0.4, 0.5) is 0 Å². The van der Waals surface area contributed by atoms with Crippen molar-refractivity contribution in [1.29, 1.82) is 0 Å². The van der Waals surface area contributed by atoms with Gasteiger partial charge >= 0.3 is 0 Å². The number of carbonyl (C=O) groups excluding carboxylic acids is 1. The van der Waals surface area contributed by atoms with Crippen LogP contribution in [0.2, 0.25) is 0 Å². The molecule has 1 aromatic carbocycles. The van der Waals surface area contributed by atoms with Gasteiger partial charge in [0.15, 0.2) is 5.78 Å². The molecular weight excluding hydrogens is 242 g/mol. The highest BCUT2D eigenvalue weighted by Gasteiger charge is 2.01. The van der Waals surface area contributed by atoms with Crippen molar-refractivity contribution >= 4 is 17.1 Å². The average molecular weight is 257 g/mol. The Morgan fingerprint density at radius 2 is 2.06 bits per heavy atom.